The van der Waals surface area contributed by atoms with E-state index < -0.39 is 0 Å². The molecule has 2 unspecified atom stereocenters. The Bertz CT molecular complexity index is 640. The minimum absolute atomic E-state index is 0.188. The van der Waals surface area contributed by atoms with Gasteiger partial charge in [0.15, 0.2) is 5.65 Å². The van der Waals surface area contributed by atoms with E-state index in [1.54, 1.807) is 10.9 Å². The smallest absolute Gasteiger partial charge is 0.163 e. The van der Waals surface area contributed by atoms with Crippen LogP contribution in [0, 0.1) is 5.92 Å². The molecule has 1 aliphatic rings. The van der Waals surface area contributed by atoms with Crippen LogP contribution in [0.1, 0.15) is 19.2 Å². The number of likely N-dealkylation sites (tertiary alicyclic amines) is 1. The summed E-state index contributed by atoms with van der Waals surface area (Å²) in [6.45, 7) is 4.01. The number of hydrogen-bond donors (Lipinski definition) is 2. The van der Waals surface area contributed by atoms with Crippen molar-refractivity contribution in [3.8, 4) is 0 Å². The summed E-state index contributed by atoms with van der Waals surface area (Å²) in [5, 5.41) is 17.8. The lowest BCUT2D eigenvalue weighted by Gasteiger charge is -2.24. The second-order valence-electron chi connectivity index (χ2n) is 5.73. The SMILES string of the molecule is CNc1nc(CN2CCC(C)C2CO)nc2c1cnn2C. The number of anilines is 1. The number of rotatable bonds is 4. The molecule has 3 heterocycles. The van der Waals surface area contributed by atoms with Crippen LogP contribution in [0.2, 0.25) is 0 Å². The van der Waals surface area contributed by atoms with Crippen LogP contribution in [0.15, 0.2) is 6.20 Å². The number of aryl methyl sites for hydroxylation is 1. The van der Waals surface area contributed by atoms with Crippen molar-refractivity contribution in [2.24, 2.45) is 13.0 Å². The monoisotopic (exact) mass is 290 g/mol. The summed E-state index contributed by atoms with van der Waals surface area (Å²) in [4.78, 5) is 11.5. The predicted octanol–water partition coefficient (Wildman–Crippen LogP) is 0.608. The van der Waals surface area contributed by atoms with Crippen LogP contribution in [-0.4, -0.2) is 56.0 Å². The first-order valence-corrected chi connectivity index (χ1v) is 7.35. The van der Waals surface area contributed by atoms with E-state index >= 15 is 0 Å². The summed E-state index contributed by atoms with van der Waals surface area (Å²) < 4.78 is 1.76. The molecule has 0 aliphatic carbocycles. The first-order valence-electron chi connectivity index (χ1n) is 7.35. The molecule has 2 aromatic rings. The summed E-state index contributed by atoms with van der Waals surface area (Å²) in [6, 6.07) is 0.203. The fraction of sp³-hybridized carbons (Fsp3) is 0.643. The van der Waals surface area contributed by atoms with Crippen LogP contribution in [0.5, 0.6) is 0 Å². The van der Waals surface area contributed by atoms with Crippen LogP contribution in [0.25, 0.3) is 11.0 Å². The molecule has 2 N–H and O–H groups in total. The van der Waals surface area contributed by atoms with Gasteiger partial charge in [-0.15, -0.1) is 0 Å². The third-order valence-corrected chi connectivity index (χ3v) is 4.40. The Kier molecular flexibility index (Phi) is 3.77. The van der Waals surface area contributed by atoms with E-state index in [1.165, 1.54) is 0 Å². The highest BCUT2D eigenvalue weighted by Gasteiger charge is 2.31. The van der Waals surface area contributed by atoms with Crippen LogP contribution in [-0.2, 0) is 13.6 Å². The zero-order chi connectivity index (χ0) is 15.0. The van der Waals surface area contributed by atoms with Gasteiger partial charge in [0, 0.05) is 20.1 Å². The number of aliphatic hydroxyl groups excluding tert-OH is 1. The van der Waals surface area contributed by atoms with Gasteiger partial charge in [-0.2, -0.15) is 5.10 Å². The number of aliphatic hydroxyl groups is 1. The molecule has 2 atom stereocenters. The van der Waals surface area contributed by atoms with Crippen molar-refractivity contribution in [3.05, 3.63) is 12.0 Å². The Morgan fingerprint density at radius 3 is 2.95 bits per heavy atom. The molecule has 1 saturated heterocycles. The first-order chi connectivity index (χ1) is 10.1. The van der Waals surface area contributed by atoms with Crippen LogP contribution >= 0.6 is 0 Å². The summed E-state index contributed by atoms with van der Waals surface area (Å²) in [6.07, 6.45) is 2.89. The lowest BCUT2D eigenvalue weighted by molar-refractivity contribution is 0.132. The highest BCUT2D eigenvalue weighted by Crippen LogP contribution is 2.26. The Morgan fingerprint density at radius 1 is 1.43 bits per heavy atom. The van der Waals surface area contributed by atoms with E-state index in [-0.39, 0.29) is 12.6 Å². The van der Waals surface area contributed by atoms with Crippen molar-refractivity contribution in [2.75, 3.05) is 25.5 Å². The zero-order valence-electron chi connectivity index (χ0n) is 12.7. The second-order valence-corrected chi connectivity index (χ2v) is 5.73. The maximum atomic E-state index is 9.56. The van der Waals surface area contributed by atoms with E-state index in [9.17, 15) is 5.11 Å². The van der Waals surface area contributed by atoms with Gasteiger partial charge in [0.2, 0.25) is 0 Å². The molecule has 2 aromatic heterocycles. The predicted molar refractivity (Wildman–Crippen MR) is 80.9 cm³/mol. The van der Waals surface area contributed by atoms with Crippen LogP contribution in [0.3, 0.4) is 0 Å². The standard InChI is InChI=1S/C14H22N6O/c1-9-4-5-20(11(9)8-21)7-12-17-13(15-2)10-6-16-19(3)14(10)18-12/h6,9,11,21H,4-5,7-8H2,1-3H3,(H,15,17,18). The van der Waals surface area contributed by atoms with Gasteiger partial charge in [-0.3, -0.25) is 9.58 Å². The molecule has 0 amide bonds. The van der Waals surface area contributed by atoms with Gasteiger partial charge in [0.1, 0.15) is 11.6 Å². The van der Waals surface area contributed by atoms with Crippen LogP contribution < -0.4 is 5.32 Å². The number of hydrogen-bond acceptors (Lipinski definition) is 6. The highest BCUT2D eigenvalue weighted by atomic mass is 16.3. The lowest BCUT2D eigenvalue weighted by Crippen LogP contribution is -2.35. The molecule has 1 fully saturated rings. The quantitative estimate of drug-likeness (QED) is 0.859. The fourth-order valence-electron chi connectivity index (χ4n) is 3.09. The Labute approximate surface area is 124 Å². The molecule has 0 saturated carbocycles. The molecular weight excluding hydrogens is 268 g/mol. The molecule has 0 spiro atoms. The maximum Gasteiger partial charge on any atom is 0.163 e. The van der Waals surface area contributed by atoms with E-state index in [0.717, 1.165) is 35.6 Å². The summed E-state index contributed by atoms with van der Waals surface area (Å²) >= 11 is 0. The van der Waals surface area contributed by atoms with Gasteiger partial charge >= 0.3 is 0 Å². The van der Waals surface area contributed by atoms with E-state index in [4.69, 9.17) is 0 Å². The first kappa shape index (κ1) is 14.2. The zero-order valence-corrected chi connectivity index (χ0v) is 12.7. The fourth-order valence-corrected chi connectivity index (χ4v) is 3.09. The van der Waals surface area contributed by atoms with Gasteiger partial charge in [0.25, 0.3) is 0 Å². The van der Waals surface area contributed by atoms with Crippen molar-refractivity contribution in [3.63, 3.8) is 0 Å². The summed E-state index contributed by atoms with van der Waals surface area (Å²) in [5.41, 5.74) is 0.831. The Balaban J connectivity index is 1.92. The molecule has 7 heteroatoms. The third kappa shape index (κ3) is 2.47. The Morgan fingerprint density at radius 2 is 2.24 bits per heavy atom. The molecule has 3 rings (SSSR count). The van der Waals surface area contributed by atoms with E-state index in [2.05, 4.69) is 32.2 Å². The second kappa shape index (κ2) is 5.57. The van der Waals surface area contributed by atoms with Gasteiger partial charge in [-0.05, 0) is 18.9 Å². The van der Waals surface area contributed by atoms with Gasteiger partial charge in [0.05, 0.1) is 24.7 Å². The largest absolute Gasteiger partial charge is 0.395 e. The minimum atomic E-state index is 0.188. The number of nitrogens with one attached hydrogen (secondary N) is 1. The number of aromatic nitrogens is 4. The molecule has 0 aromatic carbocycles. The molecular formula is C14H22N6O. The van der Waals surface area contributed by atoms with Crippen molar-refractivity contribution in [1.29, 1.82) is 0 Å². The normalized spacial score (nSPS) is 23.0. The molecule has 21 heavy (non-hydrogen) atoms. The maximum absolute atomic E-state index is 9.56. The lowest BCUT2D eigenvalue weighted by atomic mass is 10.0. The van der Waals surface area contributed by atoms with Crippen molar-refractivity contribution < 1.29 is 5.11 Å². The average molecular weight is 290 g/mol. The van der Waals surface area contributed by atoms with Crippen molar-refractivity contribution in [2.45, 2.75) is 25.9 Å². The number of nitrogens with zero attached hydrogens (tertiary/aromatic N) is 5. The number of fused-ring (bicyclic) bond motifs is 1. The minimum Gasteiger partial charge on any atom is -0.395 e. The third-order valence-electron chi connectivity index (χ3n) is 4.40. The summed E-state index contributed by atoms with van der Waals surface area (Å²) in [5.74, 6) is 2.08. The molecule has 1 aliphatic heterocycles. The van der Waals surface area contributed by atoms with E-state index in [0.29, 0.717) is 12.5 Å². The highest BCUT2D eigenvalue weighted by molar-refractivity contribution is 5.86. The summed E-state index contributed by atoms with van der Waals surface area (Å²) in [7, 11) is 3.74. The van der Waals surface area contributed by atoms with Gasteiger partial charge in [-0.1, -0.05) is 6.92 Å². The van der Waals surface area contributed by atoms with Crippen LogP contribution in [0.4, 0.5) is 5.82 Å². The molecule has 0 radical (unpaired) electrons. The molecule has 114 valence electrons. The van der Waals surface area contributed by atoms with Gasteiger partial charge < -0.3 is 10.4 Å². The van der Waals surface area contributed by atoms with Crippen molar-refractivity contribution in [1.82, 2.24) is 24.6 Å². The molecule has 7 nitrogen and oxygen atoms in total. The average Bonchev–Trinajstić information content (AvgIpc) is 3.02. The topological polar surface area (TPSA) is 79.1 Å². The van der Waals surface area contributed by atoms with E-state index in [1.807, 2.05) is 14.1 Å². The van der Waals surface area contributed by atoms with Gasteiger partial charge in [-0.25, -0.2) is 9.97 Å². The Hall–Kier alpha value is -1.73. The van der Waals surface area contributed by atoms with Crippen molar-refractivity contribution >= 4 is 16.9 Å². The molecule has 0 bridgehead atoms.